The fraction of sp³-hybridized carbons (Fsp3) is 0.267. The molecule has 2 aromatic rings. The summed E-state index contributed by atoms with van der Waals surface area (Å²) in [5.74, 6) is 0. The van der Waals surface area contributed by atoms with Gasteiger partial charge in [-0.25, -0.2) is 0 Å². The summed E-state index contributed by atoms with van der Waals surface area (Å²) in [7, 11) is 0. The van der Waals surface area contributed by atoms with Gasteiger partial charge in [-0.1, -0.05) is 18.2 Å². The van der Waals surface area contributed by atoms with E-state index < -0.39 is 17.8 Å². The van der Waals surface area contributed by atoms with Gasteiger partial charge in [-0.2, -0.15) is 13.2 Å². The van der Waals surface area contributed by atoms with Crippen LogP contribution >= 0.6 is 0 Å². The van der Waals surface area contributed by atoms with E-state index in [1.807, 2.05) is 13.0 Å². The highest BCUT2D eigenvalue weighted by Gasteiger charge is 2.29. The van der Waals surface area contributed by atoms with E-state index in [1.54, 1.807) is 12.4 Å². The molecule has 0 saturated heterocycles. The van der Waals surface area contributed by atoms with E-state index in [1.165, 1.54) is 12.1 Å². The number of aromatic nitrogens is 1. The van der Waals surface area contributed by atoms with E-state index in [2.05, 4.69) is 4.98 Å². The number of aryl methyl sites for hydroxylation is 1. The molecule has 0 aliphatic rings. The molecule has 0 bridgehead atoms. The van der Waals surface area contributed by atoms with Crippen molar-refractivity contribution in [2.75, 3.05) is 0 Å². The van der Waals surface area contributed by atoms with Gasteiger partial charge in [0, 0.05) is 18.8 Å². The lowest BCUT2D eigenvalue weighted by molar-refractivity contribution is -0.137. The topological polar surface area (TPSA) is 33.1 Å². The second-order valence-electron chi connectivity index (χ2n) is 4.71. The van der Waals surface area contributed by atoms with Gasteiger partial charge in [-0.3, -0.25) is 4.98 Å². The van der Waals surface area contributed by atoms with Gasteiger partial charge >= 0.3 is 6.18 Å². The van der Waals surface area contributed by atoms with Crippen LogP contribution in [0.5, 0.6) is 0 Å². The second kappa shape index (κ2) is 5.63. The average molecular weight is 281 g/mol. The van der Waals surface area contributed by atoms with Crippen LogP contribution in [0.1, 0.15) is 28.4 Å². The minimum Gasteiger partial charge on any atom is -0.388 e. The molecule has 5 heteroatoms. The minimum absolute atomic E-state index is 0.253. The Morgan fingerprint density at radius 3 is 2.35 bits per heavy atom. The zero-order chi connectivity index (χ0) is 14.8. The molecule has 1 N–H and O–H groups in total. The summed E-state index contributed by atoms with van der Waals surface area (Å²) in [5.41, 5.74) is 1.54. The Morgan fingerprint density at radius 2 is 1.80 bits per heavy atom. The van der Waals surface area contributed by atoms with Gasteiger partial charge in [-0.15, -0.1) is 0 Å². The van der Waals surface area contributed by atoms with E-state index >= 15 is 0 Å². The van der Waals surface area contributed by atoms with E-state index in [4.69, 9.17) is 0 Å². The molecule has 0 saturated carbocycles. The number of hydrogen-bond acceptors (Lipinski definition) is 2. The van der Waals surface area contributed by atoms with E-state index in [0.717, 1.165) is 17.7 Å². The van der Waals surface area contributed by atoms with Gasteiger partial charge in [0.2, 0.25) is 0 Å². The van der Waals surface area contributed by atoms with E-state index in [9.17, 15) is 18.3 Å². The number of pyridine rings is 1. The van der Waals surface area contributed by atoms with Crippen LogP contribution in [0.15, 0.2) is 42.7 Å². The van der Waals surface area contributed by atoms with Crippen molar-refractivity contribution in [3.05, 3.63) is 65.0 Å². The molecule has 0 aliphatic heterocycles. The third kappa shape index (κ3) is 3.57. The van der Waals surface area contributed by atoms with Crippen molar-refractivity contribution in [1.29, 1.82) is 0 Å². The smallest absolute Gasteiger partial charge is 0.388 e. The molecule has 106 valence electrons. The first-order valence-electron chi connectivity index (χ1n) is 6.12. The zero-order valence-corrected chi connectivity index (χ0v) is 10.9. The first-order valence-corrected chi connectivity index (χ1v) is 6.12. The Hall–Kier alpha value is -1.88. The van der Waals surface area contributed by atoms with Crippen LogP contribution in [0.2, 0.25) is 0 Å². The van der Waals surface area contributed by atoms with Gasteiger partial charge in [0.1, 0.15) is 0 Å². The predicted molar refractivity (Wildman–Crippen MR) is 69.1 cm³/mol. The van der Waals surface area contributed by atoms with Crippen molar-refractivity contribution in [3.8, 4) is 0 Å². The highest BCUT2D eigenvalue weighted by Crippen LogP contribution is 2.29. The van der Waals surface area contributed by atoms with E-state index in [-0.39, 0.29) is 6.42 Å². The summed E-state index contributed by atoms with van der Waals surface area (Å²) in [5, 5.41) is 10.1. The van der Waals surface area contributed by atoms with Crippen molar-refractivity contribution in [2.24, 2.45) is 0 Å². The van der Waals surface area contributed by atoms with Gasteiger partial charge in [-0.05, 0) is 35.7 Å². The Bertz CT molecular complexity index is 578. The fourth-order valence-electron chi connectivity index (χ4n) is 1.93. The maximum atomic E-state index is 12.4. The maximum absolute atomic E-state index is 12.4. The number of aliphatic hydroxyl groups is 1. The molecule has 1 heterocycles. The zero-order valence-electron chi connectivity index (χ0n) is 10.9. The van der Waals surface area contributed by atoms with Crippen LogP contribution in [-0.4, -0.2) is 10.1 Å². The summed E-state index contributed by atoms with van der Waals surface area (Å²) in [6, 6.07) is 6.62. The van der Waals surface area contributed by atoms with Crippen molar-refractivity contribution in [2.45, 2.75) is 25.6 Å². The lowest BCUT2D eigenvalue weighted by atomic mass is 10.0. The lowest BCUT2D eigenvalue weighted by Crippen LogP contribution is -2.06. The SMILES string of the molecule is Cc1cncc(C(O)Cc2ccc(C(F)(F)F)cc2)c1. The van der Waals surface area contributed by atoms with Crippen molar-refractivity contribution >= 4 is 0 Å². The first kappa shape index (κ1) is 14.5. The molecular weight excluding hydrogens is 267 g/mol. The molecular formula is C15H14F3NO. The molecule has 1 unspecified atom stereocenters. The molecule has 0 radical (unpaired) electrons. The number of benzene rings is 1. The van der Waals surface area contributed by atoms with Crippen LogP contribution in [-0.2, 0) is 12.6 Å². The van der Waals surface area contributed by atoms with Crippen LogP contribution < -0.4 is 0 Å². The lowest BCUT2D eigenvalue weighted by Gasteiger charge is -2.12. The molecule has 0 fully saturated rings. The molecule has 1 atom stereocenters. The Balaban J connectivity index is 2.10. The third-order valence-corrected chi connectivity index (χ3v) is 2.99. The molecule has 1 aromatic carbocycles. The highest BCUT2D eigenvalue weighted by atomic mass is 19.4. The molecule has 2 rings (SSSR count). The molecule has 0 aliphatic carbocycles. The predicted octanol–water partition coefficient (Wildman–Crippen LogP) is 3.68. The maximum Gasteiger partial charge on any atom is 0.416 e. The number of halogens is 3. The largest absolute Gasteiger partial charge is 0.416 e. The quantitative estimate of drug-likeness (QED) is 0.930. The first-order chi connectivity index (χ1) is 9.36. The van der Waals surface area contributed by atoms with Crippen molar-refractivity contribution in [1.82, 2.24) is 4.98 Å². The Labute approximate surface area is 114 Å². The summed E-state index contributed by atoms with van der Waals surface area (Å²) in [6.07, 6.45) is -1.63. The number of rotatable bonds is 3. The Kier molecular flexibility index (Phi) is 4.09. The van der Waals surface area contributed by atoms with Crippen molar-refractivity contribution < 1.29 is 18.3 Å². The van der Waals surface area contributed by atoms with Gasteiger partial charge in [0.15, 0.2) is 0 Å². The van der Waals surface area contributed by atoms with Gasteiger partial charge in [0.25, 0.3) is 0 Å². The molecule has 2 nitrogen and oxygen atoms in total. The number of hydrogen-bond donors (Lipinski definition) is 1. The fourth-order valence-corrected chi connectivity index (χ4v) is 1.93. The highest BCUT2D eigenvalue weighted by molar-refractivity contribution is 5.27. The molecule has 20 heavy (non-hydrogen) atoms. The van der Waals surface area contributed by atoms with Gasteiger partial charge in [0.05, 0.1) is 11.7 Å². The van der Waals surface area contributed by atoms with Gasteiger partial charge < -0.3 is 5.11 Å². The summed E-state index contributed by atoms with van der Waals surface area (Å²) >= 11 is 0. The molecule has 0 spiro atoms. The van der Waals surface area contributed by atoms with Crippen LogP contribution in [0.3, 0.4) is 0 Å². The number of aliphatic hydroxyl groups excluding tert-OH is 1. The standard InChI is InChI=1S/C15H14F3NO/c1-10-6-12(9-19-8-10)14(20)7-11-2-4-13(5-3-11)15(16,17)18/h2-6,8-9,14,20H,7H2,1H3. The number of alkyl halides is 3. The average Bonchev–Trinajstić information content (AvgIpc) is 2.38. The van der Waals surface area contributed by atoms with Crippen LogP contribution in [0.25, 0.3) is 0 Å². The monoisotopic (exact) mass is 281 g/mol. The summed E-state index contributed by atoms with van der Waals surface area (Å²) in [6.45, 7) is 1.86. The Morgan fingerprint density at radius 1 is 1.15 bits per heavy atom. The second-order valence-corrected chi connectivity index (χ2v) is 4.71. The normalized spacial score (nSPS) is 13.2. The van der Waals surface area contributed by atoms with Crippen molar-refractivity contribution in [3.63, 3.8) is 0 Å². The third-order valence-electron chi connectivity index (χ3n) is 2.99. The molecule has 1 aromatic heterocycles. The van der Waals surface area contributed by atoms with Crippen LogP contribution in [0, 0.1) is 6.92 Å². The minimum atomic E-state index is -4.34. The summed E-state index contributed by atoms with van der Waals surface area (Å²) in [4.78, 5) is 3.98. The summed E-state index contributed by atoms with van der Waals surface area (Å²) < 4.78 is 37.3. The molecule has 0 amide bonds. The number of nitrogens with zero attached hydrogens (tertiary/aromatic N) is 1. The van der Waals surface area contributed by atoms with E-state index in [0.29, 0.717) is 11.1 Å². The van der Waals surface area contributed by atoms with Crippen LogP contribution in [0.4, 0.5) is 13.2 Å².